The highest BCUT2D eigenvalue weighted by Gasteiger charge is 2.27. The number of fused-ring (bicyclic) bond motifs is 1. The molecule has 0 bridgehead atoms. The van der Waals surface area contributed by atoms with Crippen LogP contribution in [-0.4, -0.2) is 36.7 Å². The zero-order valence-corrected chi connectivity index (χ0v) is 17.1. The van der Waals surface area contributed by atoms with E-state index in [1.807, 2.05) is 24.3 Å². The molecule has 29 heavy (non-hydrogen) atoms. The summed E-state index contributed by atoms with van der Waals surface area (Å²) in [6.07, 6.45) is 4.41. The normalized spacial score (nSPS) is 15.3. The fourth-order valence-electron chi connectivity index (χ4n) is 3.69. The van der Waals surface area contributed by atoms with Gasteiger partial charge < -0.3 is 5.32 Å². The summed E-state index contributed by atoms with van der Waals surface area (Å²) in [7, 11) is -3.58. The molecule has 1 saturated heterocycles. The minimum absolute atomic E-state index is 0.247. The number of para-hydroxylation sites is 1. The van der Waals surface area contributed by atoms with Gasteiger partial charge in [-0.05, 0) is 49.6 Å². The number of sulfonamides is 1. The highest BCUT2D eigenvalue weighted by molar-refractivity contribution is 7.89. The average Bonchev–Trinajstić information content (AvgIpc) is 2.75. The van der Waals surface area contributed by atoms with Gasteiger partial charge in [-0.25, -0.2) is 8.42 Å². The molecule has 1 aliphatic heterocycles. The summed E-state index contributed by atoms with van der Waals surface area (Å²) in [5.74, 6) is -0.297. The predicted molar refractivity (Wildman–Crippen MR) is 113 cm³/mol. The lowest BCUT2D eigenvalue weighted by molar-refractivity contribution is 0.102. The van der Waals surface area contributed by atoms with E-state index in [0.717, 1.165) is 30.2 Å². The second-order valence-electron chi connectivity index (χ2n) is 7.27. The van der Waals surface area contributed by atoms with Gasteiger partial charge in [-0.2, -0.15) is 4.31 Å². The van der Waals surface area contributed by atoms with Gasteiger partial charge in [0.25, 0.3) is 5.91 Å². The lowest BCUT2D eigenvalue weighted by Gasteiger charge is -2.26. The second kappa shape index (κ2) is 7.93. The summed E-state index contributed by atoms with van der Waals surface area (Å²) in [5.41, 5.74) is 2.36. The zero-order valence-electron chi connectivity index (χ0n) is 16.3. The fourth-order valence-corrected chi connectivity index (χ4v) is 5.46. The van der Waals surface area contributed by atoms with Gasteiger partial charge in [-0.1, -0.05) is 30.7 Å². The Bertz CT molecular complexity index is 1160. The van der Waals surface area contributed by atoms with Gasteiger partial charge in [0.05, 0.1) is 16.0 Å². The number of nitrogens with zero attached hydrogens (tertiary/aromatic N) is 2. The number of amides is 1. The number of nitrogens with one attached hydrogen (secondary N) is 1. The van der Waals surface area contributed by atoms with Gasteiger partial charge in [0.1, 0.15) is 0 Å². The number of benzene rings is 2. The van der Waals surface area contributed by atoms with Crippen molar-refractivity contribution >= 4 is 32.5 Å². The number of aryl methyl sites for hydroxylation is 1. The topological polar surface area (TPSA) is 79.4 Å². The van der Waals surface area contributed by atoms with E-state index in [0.29, 0.717) is 29.9 Å². The molecule has 0 aliphatic carbocycles. The number of hydrogen-bond donors (Lipinski definition) is 1. The molecule has 4 rings (SSSR count). The molecule has 3 aromatic rings. The highest BCUT2D eigenvalue weighted by atomic mass is 32.2. The molecule has 150 valence electrons. The third kappa shape index (κ3) is 3.88. The molecule has 2 aromatic carbocycles. The van der Waals surface area contributed by atoms with Crippen LogP contribution in [0.4, 0.5) is 5.69 Å². The van der Waals surface area contributed by atoms with E-state index in [1.54, 1.807) is 41.7 Å². The van der Waals surface area contributed by atoms with Crippen LogP contribution in [-0.2, 0) is 10.0 Å². The minimum atomic E-state index is -3.58. The number of anilines is 1. The minimum Gasteiger partial charge on any atom is -0.322 e. The van der Waals surface area contributed by atoms with Crippen LogP contribution in [0.25, 0.3) is 10.9 Å². The molecule has 6 nitrogen and oxygen atoms in total. The number of carbonyl (C=O) groups is 1. The van der Waals surface area contributed by atoms with E-state index in [1.165, 1.54) is 0 Å². The first-order valence-corrected chi connectivity index (χ1v) is 11.2. The van der Waals surface area contributed by atoms with Gasteiger partial charge in [0.2, 0.25) is 10.0 Å². The number of piperidine rings is 1. The Hall–Kier alpha value is -2.77. The summed E-state index contributed by atoms with van der Waals surface area (Å²) >= 11 is 0. The molecular weight excluding hydrogens is 386 g/mol. The standard InChI is InChI=1S/C22H23N3O3S/c1-16-9-10-17(15-21(16)29(27,28)25-13-5-2-6-14-25)24-22(26)19-11-12-23-20-8-4-3-7-18(19)20/h3-4,7-12,15H,2,5-6,13-14H2,1H3,(H,24,26). The largest absolute Gasteiger partial charge is 0.322 e. The van der Waals surface area contributed by atoms with Crippen molar-refractivity contribution in [3.63, 3.8) is 0 Å². The van der Waals surface area contributed by atoms with Crippen LogP contribution in [0, 0.1) is 6.92 Å². The monoisotopic (exact) mass is 409 g/mol. The lowest BCUT2D eigenvalue weighted by Crippen LogP contribution is -2.36. The van der Waals surface area contributed by atoms with E-state index in [9.17, 15) is 13.2 Å². The maximum absolute atomic E-state index is 13.1. The van der Waals surface area contributed by atoms with Crippen LogP contribution in [0.1, 0.15) is 35.2 Å². The molecule has 0 radical (unpaired) electrons. The van der Waals surface area contributed by atoms with Crippen molar-refractivity contribution in [3.8, 4) is 0 Å². The van der Waals surface area contributed by atoms with E-state index < -0.39 is 10.0 Å². The number of aromatic nitrogens is 1. The van der Waals surface area contributed by atoms with Gasteiger partial charge >= 0.3 is 0 Å². The number of pyridine rings is 1. The Balaban J connectivity index is 1.64. The van der Waals surface area contributed by atoms with Crippen molar-refractivity contribution in [2.75, 3.05) is 18.4 Å². The molecule has 1 aromatic heterocycles. The number of hydrogen-bond acceptors (Lipinski definition) is 4. The molecule has 1 N–H and O–H groups in total. The second-order valence-corrected chi connectivity index (χ2v) is 9.18. The Labute approximate surface area is 170 Å². The van der Waals surface area contributed by atoms with Crippen LogP contribution in [0.2, 0.25) is 0 Å². The predicted octanol–water partition coefficient (Wildman–Crippen LogP) is 3.97. The molecule has 1 amide bonds. The summed E-state index contributed by atoms with van der Waals surface area (Å²) in [6, 6.07) is 14.1. The first-order valence-electron chi connectivity index (χ1n) is 9.73. The number of rotatable bonds is 4. The zero-order chi connectivity index (χ0) is 20.4. The highest BCUT2D eigenvalue weighted by Crippen LogP contribution is 2.26. The van der Waals surface area contributed by atoms with Crippen LogP contribution in [0.5, 0.6) is 0 Å². The van der Waals surface area contributed by atoms with Crippen LogP contribution in [0.15, 0.2) is 59.6 Å². The van der Waals surface area contributed by atoms with Crippen molar-refractivity contribution in [2.45, 2.75) is 31.1 Å². The molecule has 1 fully saturated rings. The van der Waals surface area contributed by atoms with E-state index in [2.05, 4.69) is 10.3 Å². The van der Waals surface area contributed by atoms with Gasteiger partial charge in [-0.15, -0.1) is 0 Å². The fraction of sp³-hybridized carbons (Fsp3) is 0.273. The molecule has 0 unspecified atom stereocenters. The first kappa shape index (κ1) is 19.5. The molecule has 0 spiro atoms. The summed E-state index contributed by atoms with van der Waals surface area (Å²) < 4.78 is 27.7. The van der Waals surface area contributed by atoms with Crippen LogP contribution >= 0.6 is 0 Å². The van der Waals surface area contributed by atoms with Crippen molar-refractivity contribution in [3.05, 3.63) is 65.9 Å². The van der Waals surface area contributed by atoms with Crippen molar-refractivity contribution in [1.29, 1.82) is 0 Å². The summed E-state index contributed by atoms with van der Waals surface area (Å²) in [6.45, 7) is 2.86. The lowest BCUT2D eigenvalue weighted by atomic mass is 10.1. The summed E-state index contributed by atoms with van der Waals surface area (Å²) in [4.78, 5) is 17.4. The molecular formula is C22H23N3O3S. The smallest absolute Gasteiger partial charge is 0.256 e. The van der Waals surface area contributed by atoms with Gasteiger partial charge in [-0.3, -0.25) is 9.78 Å². The third-order valence-corrected chi connectivity index (χ3v) is 7.31. The quantitative estimate of drug-likeness (QED) is 0.707. The average molecular weight is 410 g/mol. The Morgan fingerprint density at radius 3 is 2.59 bits per heavy atom. The van der Waals surface area contributed by atoms with E-state index in [4.69, 9.17) is 0 Å². The van der Waals surface area contributed by atoms with Crippen LogP contribution < -0.4 is 5.32 Å². The molecule has 0 atom stereocenters. The summed E-state index contributed by atoms with van der Waals surface area (Å²) in [5, 5.41) is 3.59. The molecule has 1 aliphatic rings. The van der Waals surface area contributed by atoms with Crippen LogP contribution in [0.3, 0.4) is 0 Å². The maximum Gasteiger partial charge on any atom is 0.256 e. The Morgan fingerprint density at radius 1 is 1.03 bits per heavy atom. The van der Waals surface area contributed by atoms with Crippen molar-refractivity contribution in [2.24, 2.45) is 0 Å². The first-order chi connectivity index (χ1) is 14.0. The number of carbonyl (C=O) groups excluding carboxylic acids is 1. The SMILES string of the molecule is Cc1ccc(NC(=O)c2ccnc3ccccc23)cc1S(=O)(=O)N1CCCCC1. The maximum atomic E-state index is 13.1. The Morgan fingerprint density at radius 2 is 1.79 bits per heavy atom. The third-order valence-electron chi connectivity index (χ3n) is 5.27. The molecule has 2 heterocycles. The van der Waals surface area contributed by atoms with Crippen molar-refractivity contribution in [1.82, 2.24) is 9.29 Å². The Kier molecular flexibility index (Phi) is 5.34. The molecule has 0 saturated carbocycles. The molecule has 7 heteroatoms. The van der Waals surface area contributed by atoms with E-state index >= 15 is 0 Å². The van der Waals surface area contributed by atoms with Gasteiger partial charge in [0.15, 0.2) is 0 Å². The van der Waals surface area contributed by atoms with E-state index in [-0.39, 0.29) is 10.8 Å². The van der Waals surface area contributed by atoms with Crippen molar-refractivity contribution < 1.29 is 13.2 Å². The van der Waals surface area contributed by atoms with Gasteiger partial charge in [0, 0.05) is 30.4 Å².